The maximum absolute atomic E-state index is 13.4. The number of carbonyl (C=O) groups excluding carboxylic acids is 2. The number of nitrogens with zero attached hydrogens (tertiary/aromatic N) is 1. The van der Waals surface area contributed by atoms with Crippen molar-refractivity contribution in [3.8, 4) is 5.75 Å². The zero-order valence-corrected chi connectivity index (χ0v) is 15.3. The predicted octanol–water partition coefficient (Wildman–Crippen LogP) is 2.67. The monoisotopic (exact) mass is 364 g/mol. The summed E-state index contributed by atoms with van der Waals surface area (Å²) in [6.45, 7) is 0. The van der Waals surface area contributed by atoms with E-state index in [4.69, 9.17) is 4.74 Å². The fourth-order valence-corrected chi connectivity index (χ4v) is 4.63. The lowest BCUT2D eigenvalue weighted by Gasteiger charge is -2.46. The number of benzene rings is 2. The van der Waals surface area contributed by atoms with Crippen LogP contribution in [0.3, 0.4) is 0 Å². The third-order valence-electron chi connectivity index (χ3n) is 5.81. The van der Waals surface area contributed by atoms with E-state index in [1.165, 1.54) is 0 Å². The highest BCUT2D eigenvalue weighted by Gasteiger charge is 2.45. The first kappa shape index (κ1) is 17.6. The Balaban J connectivity index is 1.95. The highest BCUT2D eigenvalue weighted by Crippen LogP contribution is 2.47. The van der Waals surface area contributed by atoms with Gasteiger partial charge in [0.2, 0.25) is 0 Å². The number of ether oxygens (including phenoxy) is 1. The number of para-hydroxylation sites is 1. The van der Waals surface area contributed by atoms with Crippen LogP contribution in [0.2, 0.25) is 0 Å². The third kappa shape index (κ3) is 2.87. The van der Waals surface area contributed by atoms with Gasteiger partial charge in [0.1, 0.15) is 5.75 Å². The van der Waals surface area contributed by atoms with Gasteiger partial charge in [-0.2, -0.15) is 0 Å². The van der Waals surface area contributed by atoms with Crippen molar-refractivity contribution >= 4 is 11.9 Å². The van der Waals surface area contributed by atoms with Crippen molar-refractivity contribution in [2.75, 3.05) is 7.11 Å². The standard InChI is InChI=1S/C22H23NO4/c1-27-18-13-7-6-12-17(18)20-19(22(25)26)15-10-4-5-11-16(15)21(24)23(20)14-8-2-3-9-14/h4-7,10-14,19-20H,2-3,8-9H2,1H3,(H,25,26)/p-1/t19-,20-/m0/s1. The van der Waals surface area contributed by atoms with E-state index >= 15 is 0 Å². The molecule has 0 unspecified atom stereocenters. The lowest BCUT2D eigenvalue weighted by Crippen LogP contribution is -2.51. The second kappa shape index (κ2) is 7.06. The number of hydrogen-bond acceptors (Lipinski definition) is 4. The molecule has 140 valence electrons. The zero-order chi connectivity index (χ0) is 19.0. The van der Waals surface area contributed by atoms with Gasteiger partial charge in [-0.25, -0.2) is 0 Å². The molecule has 0 bridgehead atoms. The molecule has 1 aliphatic carbocycles. The molecule has 0 radical (unpaired) electrons. The molecule has 2 aromatic carbocycles. The lowest BCUT2D eigenvalue weighted by molar-refractivity contribution is -0.309. The molecule has 1 fully saturated rings. The molecular formula is C22H22NO4-. The summed E-state index contributed by atoms with van der Waals surface area (Å²) in [5.41, 5.74) is 1.70. The normalized spacial score (nSPS) is 22.6. The van der Waals surface area contributed by atoms with Crippen molar-refractivity contribution in [3.63, 3.8) is 0 Å². The lowest BCUT2D eigenvalue weighted by atomic mass is 9.78. The van der Waals surface area contributed by atoms with Gasteiger partial charge in [-0.05, 0) is 30.5 Å². The van der Waals surface area contributed by atoms with E-state index < -0.39 is 17.9 Å². The summed E-state index contributed by atoms with van der Waals surface area (Å²) < 4.78 is 5.51. The van der Waals surface area contributed by atoms with Crippen LogP contribution in [0.5, 0.6) is 5.75 Å². The summed E-state index contributed by atoms with van der Waals surface area (Å²) in [5.74, 6) is -1.63. The van der Waals surface area contributed by atoms with Gasteiger partial charge in [0.05, 0.1) is 19.1 Å². The van der Waals surface area contributed by atoms with Crippen molar-refractivity contribution in [2.45, 2.75) is 43.7 Å². The van der Waals surface area contributed by atoms with Gasteiger partial charge < -0.3 is 19.5 Å². The van der Waals surface area contributed by atoms with Gasteiger partial charge in [-0.1, -0.05) is 49.2 Å². The van der Waals surface area contributed by atoms with E-state index in [-0.39, 0.29) is 11.9 Å². The minimum atomic E-state index is -1.17. The summed E-state index contributed by atoms with van der Waals surface area (Å²) in [7, 11) is 1.56. The van der Waals surface area contributed by atoms with Gasteiger partial charge in [-0.3, -0.25) is 4.79 Å². The van der Waals surface area contributed by atoms with Crippen LogP contribution in [0, 0.1) is 0 Å². The maximum Gasteiger partial charge on any atom is 0.254 e. The smallest absolute Gasteiger partial charge is 0.254 e. The zero-order valence-electron chi connectivity index (χ0n) is 15.3. The number of carboxylic acids is 1. The Morgan fingerprint density at radius 3 is 2.33 bits per heavy atom. The average Bonchev–Trinajstić information content (AvgIpc) is 3.21. The number of carbonyl (C=O) groups is 2. The van der Waals surface area contributed by atoms with Gasteiger partial charge in [0.15, 0.2) is 0 Å². The minimum Gasteiger partial charge on any atom is -0.549 e. The Kier molecular flexibility index (Phi) is 4.60. The van der Waals surface area contributed by atoms with Gasteiger partial charge in [0.25, 0.3) is 5.91 Å². The van der Waals surface area contributed by atoms with Crippen LogP contribution in [0.4, 0.5) is 0 Å². The Morgan fingerprint density at radius 2 is 1.67 bits per heavy atom. The fraction of sp³-hybridized carbons (Fsp3) is 0.364. The summed E-state index contributed by atoms with van der Waals surface area (Å²) in [4.78, 5) is 27.5. The SMILES string of the molecule is COc1ccccc1[C@H]1[C@@H](C(=O)[O-])c2ccccc2C(=O)N1C1CCCC1. The first-order chi connectivity index (χ1) is 13.1. The van der Waals surface area contributed by atoms with E-state index in [1.54, 1.807) is 42.3 Å². The largest absolute Gasteiger partial charge is 0.549 e. The molecule has 1 heterocycles. The molecule has 5 nitrogen and oxygen atoms in total. The average molecular weight is 364 g/mol. The Hall–Kier alpha value is -2.82. The molecule has 2 atom stereocenters. The van der Waals surface area contributed by atoms with Crippen LogP contribution < -0.4 is 9.84 Å². The molecule has 1 aliphatic heterocycles. The molecule has 1 saturated carbocycles. The molecule has 4 rings (SSSR count). The maximum atomic E-state index is 13.4. The number of carboxylic acid groups (broad SMARTS) is 1. The van der Waals surface area contributed by atoms with Gasteiger partial charge in [0, 0.05) is 23.1 Å². The van der Waals surface area contributed by atoms with E-state index in [9.17, 15) is 14.7 Å². The topological polar surface area (TPSA) is 69.7 Å². The molecule has 0 saturated heterocycles. The van der Waals surface area contributed by atoms with Crippen molar-refractivity contribution in [2.24, 2.45) is 0 Å². The van der Waals surface area contributed by atoms with Crippen LogP contribution in [0.15, 0.2) is 48.5 Å². The Bertz CT molecular complexity index is 872. The second-order valence-electron chi connectivity index (χ2n) is 7.22. The van der Waals surface area contributed by atoms with Crippen molar-refractivity contribution in [3.05, 3.63) is 65.2 Å². The van der Waals surface area contributed by atoms with Crippen molar-refractivity contribution in [1.29, 1.82) is 0 Å². The van der Waals surface area contributed by atoms with Crippen molar-refractivity contribution < 1.29 is 19.4 Å². The summed E-state index contributed by atoms with van der Waals surface area (Å²) in [5, 5.41) is 12.3. The van der Waals surface area contributed by atoms with Gasteiger partial charge >= 0.3 is 0 Å². The Morgan fingerprint density at radius 1 is 1.04 bits per heavy atom. The molecule has 1 amide bonds. The van der Waals surface area contributed by atoms with Crippen LogP contribution in [0.1, 0.15) is 59.1 Å². The molecular weight excluding hydrogens is 342 g/mol. The van der Waals surface area contributed by atoms with Crippen LogP contribution >= 0.6 is 0 Å². The highest BCUT2D eigenvalue weighted by atomic mass is 16.5. The Labute approximate surface area is 158 Å². The van der Waals surface area contributed by atoms with Crippen LogP contribution in [-0.2, 0) is 4.79 Å². The number of amides is 1. The minimum absolute atomic E-state index is 0.0302. The molecule has 0 spiro atoms. The van der Waals surface area contributed by atoms with E-state index in [0.29, 0.717) is 22.4 Å². The summed E-state index contributed by atoms with van der Waals surface area (Å²) >= 11 is 0. The van der Waals surface area contributed by atoms with Crippen LogP contribution in [-0.4, -0.2) is 29.9 Å². The van der Waals surface area contributed by atoms with E-state index in [0.717, 1.165) is 25.7 Å². The summed E-state index contributed by atoms with van der Waals surface area (Å²) in [6.07, 6.45) is 3.87. The third-order valence-corrected chi connectivity index (χ3v) is 5.81. The number of aliphatic carboxylic acids is 1. The molecule has 5 heteroatoms. The fourth-order valence-electron chi connectivity index (χ4n) is 4.63. The highest BCUT2D eigenvalue weighted by molar-refractivity contribution is 6.00. The first-order valence-electron chi connectivity index (χ1n) is 9.39. The first-order valence-corrected chi connectivity index (χ1v) is 9.39. The molecule has 0 N–H and O–H groups in total. The molecule has 0 aromatic heterocycles. The van der Waals surface area contributed by atoms with E-state index in [1.807, 2.05) is 18.2 Å². The predicted molar refractivity (Wildman–Crippen MR) is 98.4 cm³/mol. The number of fused-ring (bicyclic) bond motifs is 1. The second-order valence-corrected chi connectivity index (χ2v) is 7.22. The van der Waals surface area contributed by atoms with Gasteiger partial charge in [-0.15, -0.1) is 0 Å². The summed E-state index contributed by atoms with van der Waals surface area (Å²) in [6, 6.07) is 13.7. The number of rotatable bonds is 4. The molecule has 2 aliphatic rings. The number of methoxy groups -OCH3 is 1. The quantitative estimate of drug-likeness (QED) is 0.836. The molecule has 2 aromatic rings. The molecule has 27 heavy (non-hydrogen) atoms. The number of hydrogen-bond donors (Lipinski definition) is 0. The van der Waals surface area contributed by atoms with E-state index in [2.05, 4.69) is 0 Å². The van der Waals surface area contributed by atoms with Crippen molar-refractivity contribution in [1.82, 2.24) is 4.90 Å². The van der Waals surface area contributed by atoms with Crippen LogP contribution in [0.25, 0.3) is 0 Å².